The molecule has 1 aromatic rings. The lowest BCUT2D eigenvalue weighted by Crippen LogP contribution is -2.07. The van der Waals surface area contributed by atoms with E-state index in [1.165, 1.54) is 0 Å². The highest BCUT2D eigenvalue weighted by atomic mass is 32.2. The predicted octanol–water partition coefficient (Wildman–Crippen LogP) is 2.29. The Morgan fingerprint density at radius 2 is 2.00 bits per heavy atom. The summed E-state index contributed by atoms with van der Waals surface area (Å²) < 4.78 is 30.4. The minimum Gasteiger partial charge on any atom is -0.385 e. The summed E-state index contributed by atoms with van der Waals surface area (Å²) in [6.07, 6.45) is 2.10. The molecule has 0 aliphatic rings. The van der Waals surface area contributed by atoms with Crippen molar-refractivity contribution in [2.75, 3.05) is 11.9 Å². The number of benzene rings is 1. The van der Waals surface area contributed by atoms with Gasteiger partial charge < -0.3 is 5.32 Å². The molecular weight excluding hydrogens is 226 g/mol. The summed E-state index contributed by atoms with van der Waals surface area (Å²) in [5.41, 5.74) is 1.37. The third kappa shape index (κ3) is 4.63. The molecule has 5 heteroatoms. The molecule has 90 valence electrons. The molecule has 0 saturated carbocycles. The molecule has 0 amide bonds. The first-order chi connectivity index (χ1) is 7.53. The van der Waals surface area contributed by atoms with Crippen LogP contribution in [0.1, 0.15) is 25.3 Å². The Labute approximate surface area is 96.4 Å². The van der Waals surface area contributed by atoms with Crippen LogP contribution in [0.25, 0.3) is 0 Å². The summed E-state index contributed by atoms with van der Waals surface area (Å²) in [6.45, 7) is 2.89. The van der Waals surface area contributed by atoms with Gasteiger partial charge in [-0.05, 0) is 18.1 Å². The van der Waals surface area contributed by atoms with Gasteiger partial charge in [-0.1, -0.05) is 31.5 Å². The lowest BCUT2D eigenvalue weighted by Gasteiger charge is -2.10. The van der Waals surface area contributed by atoms with Gasteiger partial charge in [0.25, 0.3) is 10.1 Å². The normalized spacial score (nSPS) is 11.4. The minimum atomic E-state index is -3.97. The maximum atomic E-state index is 10.8. The van der Waals surface area contributed by atoms with Crippen LogP contribution in [0.15, 0.2) is 24.3 Å². The van der Waals surface area contributed by atoms with Gasteiger partial charge >= 0.3 is 0 Å². The number of anilines is 1. The standard InChI is InChI=1S/C11H17NO3S/c1-2-3-8-12-11-7-5-4-6-10(11)9-16(13,14)15/h4-7,12H,2-3,8-9H2,1H3,(H,13,14,15). The van der Waals surface area contributed by atoms with E-state index < -0.39 is 10.1 Å². The van der Waals surface area contributed by atoms with Gasteiger partial charge in [0, 0.05) is 12.2 Å². The van der Waals surface area contributed by atoms with Gasteiger partial charge in [-0.3, -0.25) is 4.55 Å². The monoisotopic (exact) mass is 243 g/mol. The quantitative estimate of drug-likeness (QED) is 0.594. The Morgan fingerprint density at radius 1 is 1.31 bits per heavy atom. The van der Waals surface area contributed by atoms with E-state index in [2.05, 4.69) is 12.2 Å². The van der Waals surface area contributed by atoms with Crippen molar-refractivity contribution in [1.29, 1.82) is 0 Å². The molecule has 0 heterocycles. The SMILES string of the molecule is CCCCNc1ccccc1CS(=O)(=O)O. The summed E-state index contributed by atoms with van der Waals surface area (Å²) in [5.74, 6) is -0.345. The maximum Gasteiger partial charge on any atom is 0.269 e. The zero-order valence-electron chi connectivity index (χ0n) is 9.31. The van der Waals surface area contributed by atoms with Crippen LogP contribution in [0, 0.1) is 0 Å². The molecule has 4 nitrogen and oxygen atoms in total. The average molecular weight is 243 g/mol. The molecule has 0 unspecified atom stereocenters. The van der Waals surface area contributed by atoms with Crippen LogP contribution < -0.4 is 5.32 Å². The Morgan fingerprint density at radius 3 is 2.62 bits per heavy atom. The van der Waals surface area contributed by atoms with Crippen LogP contribution in [0.2, 0.25) is 0 Å². The van der Waals surface area contributed by atoms with E-state index >= 15 is 0 Å². The predicted molar refractivity (Wildman–Crippen MR) is 65.1 cm³/mol. The second kappa shape index (κ2) is 5.86. The van der Waals surface area contributed by atoms with Gasteiger partial charge in [0.15, 0.2) is 0 Å². The van der Waals surface area contributed by atoms with Crippen LogP contribution in [-0.2, 0) is 15.9 Å². The molecule has 0 saturated heterocycles. The van der Waals surface area contributed by atoms with Crippen molar-refractivity contribution in [3.05, 3.63) is 29.8 Å². The molecule has 1 aromatic carbocycles. The van der Waals surface area contributed by atoms with E-state index in [9.17, 15) is 8.42 Å². The number of unbranched alkanes of at least 4 members (excludes halogenated alkanes) is 1. The molecule has 0 aliphatic heterocycles. The summed E-state index contributed by atoms with van der Waals surface area (Å²) in [6, 6.07) is 7.10. The Balaban J connectivity index is 2.75. The lowest BCUT2D eigenvalue weighted by molar-refractivity contribution is 0.482. The van der Waals surface area contributed by atoms with E-state index in [1.807, 2.05) is 12.1 Å². The van der Waals surface area contributed by atoms with Crippen molar-refractivity contribution in [2.24, 2.45) is 0 Å². The fourth-order valence-electron chi connectivity index (χ4n) is 1.41. The van der Waals surface area contributed by atoms with Gasteiger partial charge in [-0.25, -0.2) is 0 Å². The molecule has 0 fully saturated rings. The second-order valence-electron chi connectivity index (χ2n) is 3.66. The van der Waals surface area contributed by atoms with Crippen molar-refractivity contribution in [3.8, 4) is 0 Å². The van der Waals surface area contributed by atoms with Crippen LogP contribution in [-0.4, -0.2) is 19.5 Å². The van der Waals surface area contributed by atoms with Crippen molar-refractivity contribution < 1.29 is 13.0 Å². The van der Waals surface area contributed by atoms with Crippen LogP contribution >= 0.6 is 0 Å². The highest BCUT2D eigenvalue weighted by Crippen LogP contribution is 2.17. The Kier molecular flexibility index (Phi) is 4.76. The van der Waals surface area contributed by atoms with Gasteiger partial charge in [0.1, 0.15) is 5.75 Å². The largest absolute Gasteiger partial charge is 0.385 e. The van der Waals surface area contributed by atoms with Crippen LogP contribution in [0.5, 0.6) is 0 Å². The number of para-hydroxylation sites is 1. The summed E-state index contributed by atoms with van der Waals surface area (Å²) in [7, 11) is -3.97. The van der Waals surface area contributed by atoms with Crippen LogP contribution in [0.4, 0.5) is 5.69 Å². The van der Waals surface area contributed by atoms with E-state index in [-0.39, 0.29) is 5.75 Å². The van der Waals surface area contributed by atoms with E-state index in [4.69, 9.17) is 4.55 Å². The molecule has 0 radical (unpaired) electrons. The Bertz CT molecular complexity index is 429. The third-order valence-electron chi connectivity index (χ3n) is 2.20. The first-order valence-corrected chi connectivity index (χ1v) is 6.91. The molecular formula is C11H17NO3S. The van der Waals surface area contributed by atoms with Gasteiger partial charge in [0.05, 0.1) is 0 Å². The smallest absolute Gasteiger partial charge is 0.269 e. The molecule has 0 bridgehead atoms. The zero-order valence-corrected chi connectivity index (χ0v) is 10.1. The zero-order chi connectivity index (χ0) is 12.0. The highest BCUT2D eigenvalue weighted by molar-refractivity contribution is 7.85. The fourth-order valence-corrected chi connectivity index (χ4v) is 2.06. The summed E-state index contributed by atoms with van der Waals surface area (Å²) in [5, 5.41) is 3.16. The van der Waals surface area contributed by atoms with E-state index in [0.717, 1.165) is 25.1 Å². The number of nitrogens with one attached hydrogen (secondary N) is 1. The number of hydrogen-bond acceptors (Lipinski definition) is 3. The molecule has 2 N–H and O–H groups in total. The van der Waals surface area contributed by atoms with Crippen molar-refractivity contribution in [2.45, 2.75) is 25.5 Å². The molecule has 0 aromatic heterocycles. The second-order valence-corrected chi connectivity index (χ2v) is 5.12. The Hall–Kier alpha value is -1.07. The minimum absolute atomic E-state index is 0.345. The molecule has 16 heavy (non-hydrogen) atoms. The highest BCUT2D eigenvalue weighted by Gasteiger charge is 2.09. The number of hydrogen-bond donors (Lipinski definition) is 2. The summed E-state index contributed by atoms with van der Waals surface area (Å²) >= 11 is 0. The van der Waals surface area contributed by atoms with Gasteiger partial charge in [0.2, 0.25) is 0 Å². The fraction of sp³-hybridized carbons (Fsp3) is 0.455. The molecule has 0 spiro atoms. The lowest BCUT2D eigenvalue weighted by atomic mass is 10.2. The molecule has 0 atom stereocenters. The molecule has 1 rings (SSSR count). The topological polar surface area (TPSA) is 66.4 Å². The third-order valence-corrected chi connectivity index (χ3v) is 2.88. The first kappa shape index (κ1) is 13.0. The number of rotatable bonds is 6. The average Bonchev–Trinajstić information content (AvgIpc) is 2.19. The van der Waals surface area contributed by atoms with E-state index in [0.29, 0.717) is 5.56 Å². The van der Waals surface area contributed by atoms with Gasteiger partial charge in [-0.2, -0.15) is 8.42 Å². The molecule has 0 aliphatic carbocycles. The van der Waals surface area contributed by atoms with Gasteiger partial charge in [-0.15, -0.1) is 0 Å². The van der Waals surface area contributed by atoms with Crippen LogP contribution in [0.3, 0.4) is 0 Å². The maximum absolute atomic E-state index is 10.8. The van der Waals surface area contributed by atoms with E-state index in [1.54, 1.807) is 12.1 Å². The van der Waals surface area contributed by atoms with Crippen molar-refractivity contribution in [3.63, 3.8) is 0 Å². The first-order valence-electron chi connectivity index (χ1n) is 5.30. The van der Waals surface area contributed by atoms with Crippen molar-refractivity contribution >= 4 is 15.8 Å². The van der Waals surface area contributed by atoms with Crippen molar-refractivity contribution in [1.82, 2.24) is 0 Å². The summed E-state index contributed by atoms with van der Waals surface area (Å²) in [4.78, 5) is 0.